The van der Waals surface area contributed by atoms with Crippen LogP contribution in [0.25, 0.3) is 11.0 Å². The van der Waals surface area contributed by atoms with Crippen LogP contribution < -0.4 is 10.4 Å². The zero-order valence-electron chi connectivity index (χ0n) is 17.1. The van der Waals surface area contributed by atoms with E-state index < -0.39 is 11.7 Å². The van der Waals surface area contributed by atoms with Gasteiger partial charge in [-0.2, -0.15) is 0 Å². The predicted molar refractivity (Wildman–Crippen MR) is 110 cm³/mol. The molecule has 3 atom stereocenters. The molecule has 6 heteroatoms. The molecule has 4 rings (SSSR count). The SMILES string of the molecule is CCc1cc(=O)oc2cc(O[C@H](C)C(=O)N3CC[C@@]4(O)CCCC[C@@H]4C3)ccc12. The van der Waals surface area contributed by atoms with Gasteiger partial charge in [0.05, 0.1) is 5.60 Å². The highest BCUT2D eigenvalue weighted by molar-refractivity contribution is 5.83. The summed E-state index contributed by atoms with van der Waals surface area (Å²) in [4.78, 5) is 26.5. The largest absolute Gasteiger partial charge is 0.481 e. The van der Waals surface area contributed by atoms with E-state index >= 15 is 0 Å². The van der Waals surface area contributed by atoms with Crippen LogP contribution >= 0.6 is 0 Å². The van der Waals surface area contributed by atoms with E-state index in [1.807, 2.05) is 17.9 Å². The first kappa shape index (κ1) is 20.0. The Kier molecular flexibility index (Phi) is 5.38. The first-order valence-electron chi connectivity index (χ1n) is 10.6. The van der Waals surface area contributed by atoms with Gasteiger partial charge in [-0.3, -0.25) is 4.79 Å². The van der Waals surface area contributed by atoms with E-state index in [-0.39, 0.29) is 17.5 Å². The Labute approximate surface area is 170 Å². The van der Waals surface area contributed by atoms with E-state index in [1.165, 1.54) is 6.07 Å². The summed E-state index contributed by atoms with van der Waals surface area (Å²) in [7, 11) is 0. The fourth-order valence-corrected chi connectivity index (χ4v) is 4.86. The molecule has 1 N–H and O–H groups in total. The lowest BCUT2D eigenvalue weighted by Gasteiger charge is -2.47. The number of amides is 1. The maximum absolute atomic E-state index is 12.9. The number of fused-ring (bicyclic) bond motifs is 2. The number of aryl methyl sites for hydroxylation is 1. The lowest BCUT2D eigenvalue weighted by atomic mass is 9.71. The number of likely N-dealkylation sites (tertiary alicyclic amines) is 1. The van der Waals surface area contributed by atoms with Crippen LogP contribution in [0.4, 0.5) is 0 Å². The lowest BCUT2D eigenvalue weighted by molar-refractivity contribution is -0.149. The van der Waals surface area contributed by atoms with E-state index in [0.717, 1.165) is 43.1 Å². The van der Waals surface area contributed by atoms with Crippen molar-refractivity contribution in [3.05, 3.63) is 40.2 Å². The van der Waals surface area contributed by atoms with Gasteiger partial charge < -0.3 is 19.2 Å². The molecular formula is C23H29NO5. The molecule has 156 valence electrons. The molecule has 0 unspecified atom stereocenters. The Morgan fingerprint density at radius 3 is 2.97 bits per heavy atom. The molecule has 1 aliphatic carbocycles. The van der Waals surface area contributed by atoms with E-state index in [9.17, 15) is 14.7 Å². The molecular weight excluding hydrogens is 370 g/mol. The van der Waals surface area contributed by atoms with Crippen LogP contribution in [0.3, 0.4) is 0 Å². The van der Waals surface area contributed by atoms with Crippen molar-refractivity contribution in [3.8, 4) is 5.75 Å². The second kappa shape index (κ2) is 7.82. The van der Waals surface area contributed by atoms with Crippen molar-refractivity contribution in [1.29, 1.82) is 0 Å². The van der Waals surface area contributed by atoms with Crippen molar-refractivity contribution >= 4 is 16.9 Å². The summed E-state index contributed by atoms with van der Waals surface area (Å²) < 4.78 is 11.2. The quantitative estimate of drug-likeness (QED) is 0.798. The molecule has 1 aromatic carbocycles. The normalized spacial score (nSPS) is 25.5. The van der Waals surface area contributed by atoms with E-state index in [1.54, 1.807) is 19.1 Å². The highest BCUT2D eigenvalue weighted by Gasteiger charge is 2.44. The third-order valence-electron chi connectivity index (χ3n) is 6.58. The van der Waals surface area contributed by atoms with Crippen molar-refractivity contribution < 1.29 is 19.1 Å². The molecule has 2 aliphatic rings. The van der Waals surface area contributed by atoms with Crippen molar-refractivity contribution in [1.82, 2.24) is 4.90 Å². The summed E-state index contributed by atoms with van der Waals surface area (Å²) in [6.07, 6.45) is 4.72. The number of carbonyl (C=O) groups is 1. The molecule has 0 spiro atoms. The van der Waals surface area contributed by atoms with Gasteiger partial charge in [0.1, 0.15) is 11.3 Å². The van der Waals surface area contributed by atoms with E-state index in [4.69, 9.17) is 9.15 Å². The van der Waals surface area contributed by atoms with Gasteiger partial charge in [0.25, 0.3) is 5.91 Å². The van der Waals surface area contributed by atoms with Crippen molar-refractivity contribution in [2.24, 2.45) is 5.92 Å². The zero-order valence-corrected chi connectivity index (χ0v) is 17.1. The number of aliphatic hydroxyl groups is 1. The minimum absolute atomic E-state index is 0.0681. The number of carbonyl (C=O) groups excluding carboxylic acids is 1. The van der Waals surface area contributed by atoms with Crippen LogP contribution in [0, 0.1) is 5.92 Å². The van der Waals surface area contributed by atoms with Gasteiger partial charge in [-0.15, -0.1) is 0 Å². The molecule has 1 aromatic heterocycles. The highest BCUT2D eigenvalue weighted by Crippen LogP contribution is 2.40. The third kappa shape index (κ3) is 3.90. The number of rotatable bonds is 4. The zero-order chi connectivity index (χ0) is 20.6. The number of nitrogens with zero attached hydrogens (tertiary/aromatic N) is 1. The van der Waals surface area contributed by atoms with Gasteiger partial charge in [0, 0.05) is 36.5 Å². The van der Waals surface area contributed by atoms with Crippen LogP contribution in [0.1, 0.15) is 51.5 Å². The van der Waals surface area contributed by atoms with Gasteiger partial charge in [0.15, 0.2) is 6.10 Å². The summed E-state index contributed by atoms with van der Waals surface area (Å²) in [5, 5.41) is 11.7. The molecule has 0 radical (unpaired) electrons. The number of ether oxygens (including phenoxy) is 1. The van der Waals surface area contributed by atoms with Crippen LogP contribution in [0.15, 0.2) is 33.5 Å². The van der Waals surface area contributed by atoms with Crippen LogP contribution in [-0.2, 0) is 11.2 Å². The Hall–Kier alpha value is -2.34. The van der Waals surface area contributed by atoms with Crippen LogP contribution in [-0.4, -0.2) is 40.7 Å². The average Bonchev–Trinajstić information content (AvgIpc) is 2.71. The minimum atomic E-state index is -0.650. The standard InChI is InChI=1S/C23H29NO5/c1-3-16-12-21(25)29-20-13-18(7-8-19(16)20)28-15(2)22(26)24-11-10-23(27)9-5-4-6-17(23)14-24/h7-8,12-13,15,17,27H,3-6,9-11,14H2,1-2H3/t15-,17-,23+/m1/s1. The molecule has 0 bridgehead atoms. The Morgan fingerprint density at radius 2 is 2.17 bits per heavy atom. The lowest BCUT2D eigenvalue weighted by Crippen LogP contribution is -2.56. The first-order chi connectivity index (χ1) is 13.9. The number of piperidine rings is 1. The summed E-state index contributed by atoms with van der Waals surface area (Å²) in [5.74, 6) is 0.589. The topological polar surface area (TPSA) is 80.0 Å². The summed E-state index contributed by atoms with van der Waals surface area (Å²) in [5.41, 5.74) is 0.410. The summed E-state index contributed by atoms with van der Waals surface area (Å²) in [6, 6.07) is 6.86. The van der Waals surface area contributed by atoms with E-state index in [2.05, 4.69) is 0 Å². The summed E-state index contributed by atoms with van der Waals surface area (Å²) in [6.45, 7) is 4.89. The number of hydrogen-bond acceptors (Lipinski definition) is 5. The molecule has 6 nitrogen and oxygen atoms in total. The molecule has 2 heterocycles. The van der Waals surface area contributed by atoms with Gasteiger partial charge in [-0.1, -0.05) is 19.8 Å². The molecule has 2 aromatic rings. The van der Waals surface area contributed by atoms with Gasteiger partial charge in [-0.25, -0.2) is 4.79 Å². The van der Waals surface area contributed by atoms with Crippen molar-refractivity contribution in [2.45, 2.75) is 64.1 Å². The second-order valence-corrected chi connectivity index (χ2v) is 8.44. The van der Waals surface area contributed by atoms with Gasteiger partial charge >= 0.3 is 5.63 Å². The maximum atomic E-state index is 12.9. The molecule has 2 fully saturated rings. The van der Waals surface area contributed by atoms with E-state index in [0.29, 0.717) is 30.8 Å². The highest BCUT2D eigenvalue weighted by atomic mass is 16.5. The number of hydrogen-bond donors (Lipinski definition) is 1. The minimum Gasteiger partial charge on any atom is -0.481 e. The summed E-state index contributed by atoms with van der Waals surface area (Å²) >= 11 is 0. The monoisotopic (exact) mass is 399 g/mol. The third-order valence-corrected chi connectivity index (χ3v) is 6.58. The predicted octanol–water partition coefficient (Wildman–Crippen LogP) is 3.28. The Morgan fingerprint density at radius 1 is 1.34 bits per heavy atom. The maximum Gasteiger partial charge on any atom is 0.336 e. The smallest absolute Gasteiger partial charge is 0.336 e. The van der Waals surface area contributed by atoms with Gasteiger partial charge in [-0.05, 0) is 50.3 Å². The fraction of sp³-hybridized carbons (Fsp3) is 0.565. The average molecular weight is 399 g/mol. The first-order valence-corrected chi connectivity index (χ1v) is 10.6. The fourth-order valence-electron chi connectivity index (χ4n) is 4.86. The Balaban J connectivity index is 1.47. The number of benzene rings is 1. The van der Waals surface area contributed by atoms with Crippen LogP contribution in [0.5, 0.6) is 5.75 Å². The molecule has 1 amide bonds. The molecule has 1 aliphatic heterocycles. The molecule has 1 saturated carbocycles. The van der Waals surface area contributed by atoms with Crippen molar-refractivity contribution in [2.75, 3.05) is 13.1 Å². The molecule has 1 saturated heterocycles. The van der Waals surface area contributed by atoms with Crippen LogP contribution in [0.2, 0.25) is 0 Å². The second-order valence-electron chi connectivity index (χ2n) is 8.44. The molecule has 29 heavy (non-hydrogen) atoms. The van der Waals surface area contributed by atoms with Crippen molar-refractivity contribution in [3.63, 3.8) is 0 Å². The van der Waals surface area contributed by atoms with Gasteiger partial charge in [0.2, 0.25) is 0 Å². The Bertz CT molecular complexity index is 967.